The van der Waals surface area contributed by atoms with Gasteiger partial charge in [-0.25, -0.2) is 4.68 Å². The van der Waals surface area contributed by atoms with Gasteiger partial charge in [-0.2, -0.15) is 10.2 Å². The number of halogens is 1. The van der Waals surface area contributed by atoms with E-state index in [0.717, 1.165) is 12.0 Å². The SMILES string of the molecule is Cc1ccc(-n2nc(C(C)(C)C)c(C=O)c2Cl)nn1. The third-order valence-corrected chi connectivity index (χ3v) is 3.06. The normalized spacial score (nSPS) is 11.6. The number of hydrogen-bond donors (Lipinski definition) is 0. The third-order valence-electron chi connectivity index (χ3n) is 2.69. The first-order valence-electron chi connectivity index (χ1n) is 5.89. The first kappa shape index (κ1) is 13.7. The Morgan fingerprint density at radius 1 is 1.26 bits per heavy atom. The number of aldehydes is 1. The maximum absolute atomic E-state index is 11.2. The van der Waals surface area contributed by atoms with E-state index in [1.54, 1.807) is 6.07 Å². The van der Waals surface area contributed by atoms with Gasteiger partial charge in [-0.3, -0.25) is 4.79 Å². The number of hydrogen-bond acceptors (Lipinski definition) is 4. The molecule has 0 N–H and O–H groups in total. The van der Waals surface area contributed by atoms with E-state index >= 15 is 0 Å². The van der Waals surface area contributed by atoms with E-state index in [1.165, 1.54) is 4.68 Å². The topological polar surface area (TPSA) is 60.7 Å². The van der Waals surface area contributed by atoms with E-state index in [1.807, 2.05) is 33.8 Å². The Morgan fingerprint density at radius 2 is 1.95 bits per heavy atom. The van der Waals surface area contributed by atoms with Crippen molar-refractivity contribution in [1.29, 1.82) is 0 Å². The highest BCUT2D eigenvalue weighted by atomic mass is 35.5. The average molecular weight is 279 g/mol. The molecule has 0 unspecified atom stereocenters. The minimum Gasteiger partial charge on any atom is -0.298 e. The molecule has 2 aromatic heterocycles. The van der Waals surface area contributed by atoms with E-state index in [4.69, 9.17) is 11.6 Å². The van der Waals surface area contributed by atoms with Crippen LogP contribution in [0.2, 0.25) is 5.15 Å². The Kier molecular flexibility index (Phi) is 3.41. The second kappa shape index (κ2) is 4.74. The molecule has 0 aliphatic carbocycles. The lowest BCUT2D eigenvalue weighted by Crippen LogP contribution is -2.15. The van der Waals surface area contributed by atoms with Crippen molar-refractivity contribution >= 4 is 17.9 Å². The smallest absolute Gasteiger partial charge is 0.177 e. The Bertz CT molecular complexity index is 611. The monoisotopic (exact) mass is 278 g/mol. The van der Waals surface area contributed by atoms with Crippen LogP contribution in [0.4, 0.5) is 0 Å². The number of rotatable bonds is 2. The maximum atomic E-state index is 11.2. The predicted octanol–water partition coefficient (Wildman–Crippen LogP) is 2.73. The van der Waals surface area contributed by atoms with Crippen LogP contribution in [-0.2, 0) is 5.41 Å². The molecule has 0 amide bonds. The lowest BCUT2D eigenvalue weighted by molar-refractivity contribution is 0.112. The fourth-order valence-electron chi connectivity index (χ4n) is 1.72. The number of carbonyl (C=O) groups is 1. The molecular weight excluding hydrogens is 264 g/mol. The van der Waals surface area contributed by atoms with E-state index in [0.29, 0.717) is 17.1 Å². The molecule has 5 nitrogen and oxygen atoms in total. The summed E-state index contributed by atoms with van der Waals surface area (Å²) < 4.78 is 1.44. The minimum absolute atomic E-state index is 0.262. The molecule has 19 heavy (non-hydrogen) atoms. The van der Waals surface area contributed by atoms with E-state index in [-0.39, 0.29) is 10.6 Å². The van der Waals surface area contributed by atoms with Crippen molar-refractivity contribution in [3.05, 3.63) is 34.2 Å². The molecule has 0 aliphatic rings. The molecule has 0 atom stereocenters. The zero-order valence-corrected chi connectivity index (χ0v) is 12.1. The number of carbonyl (C=O) groups excluding carboxylic acids is 1. The highest BCUT2D eigenvalue weighted by Gasteiger charge is 2.26. The summed E-state index contributed by atoms with van der Waals surface area (Å²) in [5, 5.41) is 12.7. The first-order chi connectivity index (χ1) is 8.84. The van der Waals surface area contributed by atoms with Crippen molar-refractivity contribution in [2.24, 2.45) is 0 Å². The van der Waals surface area contributed by atoms with Crippen LogP contribution in [0.25, 0.3) is 5.82 Å². The molecule has 0 aromatic carbocycles. The van der Waals surface area contributed by atoms with Gasteiger partial charge in [0.25, 0.3) is 0 Å². The zero-order valence-electron chi connectivity index (χ0n) is 11.3. The summed E-state index contributed by atoms with van der Waals surface area (Å²) >= 11 is 6.21. The van der Waals surface area contributed by atoms with Gasteiger partial charge in [-0.1, -0.05) is 32.4 Å². The summed E-state index contributed by atoms with van der Waals surface area (Å²) in [5.74, 6) is 0.495. The van der Waals surface area contributed by atoms with Crippen LogP contribution in [-0.4, -0.2) is 26.3 Å². The van der Waals surface area contributed by atoms with Gasteiger partial charge in [0.1, 0.15) is 5.15 Å². The second-order valence-electron chi connectivity index (χ2n) is 5.37. The largest absolute Gasteiger partial charge is 0.298 e. The number of aryl methyl sites for hydroxylation is 1. The summed E-state index contributed by atoms with van der Waals surface area (Å²) in [6.45, 7) is 7.77. The van der Waals surface area contributed by atoms with E-state index in [9.17, 15) is 4.79 Å². The fraction of sp³-hybridized carbons (Fsp3) is 0.385. The third kappa shape index (κ3) is 2.51. The number of nitrogens with zero attached hydrogens (tertiary/aromatic N) is 4. The van der Waals surface area contributed by atoms with Crippen molar-refractivity contribution < 1.29 is 4.79 Å². The summed E-state index contributed by atoms with van der Waals surface area (Å²) in [5.41, 5.74) is 1.58. The van der Waals surface area contributed by atoms with Crippen LogP contribution in [0.1, 0.15) is 42.5 Å². The molecular formula is C13H15ClN4O. The molecule has 100 valence electrons. The summed E-state index contributed by atoms with van der Waals surface area (Å²) in [4.78, 5) is 11.2. The van der Waals surface area contributed by atoms with E-state index in [2.05, 4.69) is 15.3 Å². The van der Waals surface area contributed by atoms with Crippen molar-refractivity contribution in [3.8, 4) is 5.82 Å². The van der Waals surface area contributed by atoms with Crippen LogP contribution in [0.3, 0.4) is 0 Å². The molecule has 0 bridgehead atoms. The predicted molar refractivity (Wildman–Crippen MR) is 73.0 cm³/mol. The van der Waals surface area contributed by atoms with E-state index < -0.39 is 0 Å². The summed E-state index contributed by atoms with van der Waals surface area (Å²) in [6.07, 6.45) is 0.730. The van der Waals surface area contributed by atoms with Gasteiger partial charge in [0.05, 0.1) is 17.0 Å². The van der Waals surface area contributed by atoms with Gasteiger partial charge in [0.2, 0.25) is 0 Å². The van der Waals surface area contributed by atoms with Crippen molar-refractivity contribution in [1.82, 2.24) is 20.0 Å². The lowest BCUT2D eigenvalue weighted by atomic mass is 9.90. The molecule has 0 radical (unpaired) electrons. The Morgan fingerprint density at radius 3 is 2.37 bits per heavy atom. The molecule has 0 aliphatic heterocycles. The average Bonchev–Trinajstić information content (AvgIpc) is 2.67. The van der Waals surface area contributed by atoms with Gasteiger partial charge in [0, 0.05) is 5.41 Å². The Balaban J connectivity index is 2.63. The highest BCUT2D eigenvalue weighted by molar-refractivity contribution is 6.32. The van der Waals surface area contributed by atoms with Crippen molar-refractivity contribution in [2.75, 3.05) is 0 Å². The standard InChI is InChI=1S/C13H15ClN4O/c1-8-5-6-10(16-15-8)18-12(14)9(7-19)11(17-18)13(2,3)4/h5-7H,1-4H3. The van der Waals surface area contributed by atoms with Gasteiger partial charge < -0.3 is 0 Å². The molecule has 0 saturated heterocycles. The Hall–Kier alpha value is -1.75. The zero-order chi connectivity index (χ0) is 14.2. The van der Waals surface area contributed by atoms with Crippen LogP contribution < -0.4 is 0 Å². The molecule has 2 rings (SSSR count). The van der Waals surface area contributed by atoms with Crippen molar-refractivity contribution in [3.63, 3.8) is 0 Å². The maximum Gasteiger partial charge on any atom is 0.177 e. The van der Waals surface area contributed by atoms with Crippen molar-refractivity contribution in [2.45, 2.75) is 33.1 Å². The molecule has 0 fully saturated rings. The first-order valence-corrected chi connectivity index (χ1v) is 6.27. The second-order valence-corrected chi connectivity index (χ2v) is 5.72. The summed E-state index contributed by atoms with van der Waals surface area (Å²) in [6, 6.07) is 3.58. The summed E-state index contributed by atoms with van der Waals surface area (Å²) in [7, 11) is 0. The van der Waals surface area contributed by atoms with Crippen LogP contribution in [0, 0.1) is 6.92 Å². The van der Waals surface area contributed by atoms with Crippen LogP contribution >= 0.6 is 11.6 Å². The molecule has 0 spiro atoms. The van der Waals surface area contributed by atoms with Gasteiger partial charge >= 0.3 is 0 Å². The van der Waals surface area contributed by atoms with Crippen LogP contribution in [0.15, 0.2) is 12.1 Å². The number of aromatic nitrogens is 4. The molecule has 2 heterocycles. The minimum atomic E-state index is -0.275. The Labute approximate surface area is 116 Å². The van der Waals surface area contributed by atoms with Gasteiger partial charge in [-0.05, 0) is 19.1 Å². The lowest BCUT2D eigenvalue weighted by Gasteiger charge is -2.15. The molecule has 6 heteroatoms. The van der Waals surface area contributed by atoms with Gasteiger partial charge in [0.15, 0.2) is 12.1 Å². The molecule has 2 aromatic rings. The quantitative estimate of drug-likeness (QED) is 0.793. The van der Waals surface area contributed by atoms with Gasteiger partial charge in [-0.15, -0.1) is 5.10 Å². The fourth-order valence-corrected chi connectivity index (χ4v) is 1.98. The van der Waals surface area contributed by atoms with Crippen LogP contribution in [0.5, 0.6) is 0 Å². The highest BCUT2D eigenvalue weighted by Crippen LogP contribution is 2.29. The molecule has 0 saturated carbocycles.